The summed E-state index contributed by atoms with van der Waals surface area (Å²) in [4.78, 5) is 13.4. The normalized spacial score (nSPS) is 25.4. The van der Waals surface area contributed by atoms with E-state index in [4.69, 9.17) is 10.5 Å². The summed E-state index contributed by atoms with van der Waals surface area (Å²) in [6.07, 6.45) is 3.57. The molecule has 21 heavy (non-hydrogen) atoms. The topological polar surface area (TPSA) is 55.6 Å². The molecule has 1 aliphatic rings. The van der Waals surface area contributed by atoms with Gasteiger partial charge in [0.1, 0.15) is 5.75 Å². The summed E-state index contributed by atoms with van der Waals surface area (Å²) in [5.41, 5.74) is 7.17. The van der Waals surface area contributed by atoms with Crippen molar-refractivity contribution < 1.29 is 9.53 Å². The lowest BCUT2D eigenvalue weighted by Crippen LogP contribution is -2.29. The van der Waals surface area contributed by atoms with Crippen LogP contribution in [0.1, 0.15) is 43.5 Å². The van der Waals surface area contributed by atoms with Gasteiger partial charge >= 0.3 is 0 Å². The van der Waals surface area contributed by atoms with Crippen molar-refractivity contribution in [3.8, 4) is 5.75 Å². The molecule has 3 atom stereocenters. The number of amides is 1. The highest BCUT2D eigenvalue weighted by Gasteiger charge is 2.26. The van der Waals surface area contributed by atoms with Gasteiger partial charge in [0.25, 0.3) is 5.91 Å². The fourth-order valence-electron chi connectivity index (χ4n) is 2.83. The van der Waals surface area contributed by atoms with E-state index in [0.29, 0.717) is 22.9 Å². The van der Waals surface area contributed by atoms with Crippen LogP contribution in [0.3, 0.4) is 0 Å². The van der Waals surface area contributed by atoms with Crippen molar-refractivity contribution in [3.63, 3.8) is 0 Å². The number of nitrogens with zero attached hydrogens (tertiary/aromatic N) is 1. The molecule has 0 saturated heterocycles. The molecule has 4 heteroatoms. The summed E-state index contributed by atoms with van der Waals surface area (Å²) in [5, 5.41) is 0. The van der Waals surface area contributed by atoms with Gasteiger partial charge in [-0.25, -0.2) is 0 Å². The summed E-state index contributed by atoms with van der Waals surface area (Å²) in [5.74, 6) is 2.09. The minimum absolute atomic E-state index is 0.0478. The quantitative estimate of drug-likeness (QED) is 0.870. The molecule has 2 rings (SSSR count). The van der Waals surface area contributed by atoms with E-state index in [0.717, 1.165) is 18.8 Å². The van der Waals surface area contributed by atoms with Crippen LogP contribution < -0.4 is 10.5 Å². The predicted molar refractivity (Wildman–Crippen MR) is 85.5 cm³/mol. The molecule has 0 spiro atoms. The van der Waals surface area contributed by atoms with Gasteiger partial charge in [-0.15, -0.1) is 0 Å². The molecule has 2 N–H and O–H groups in total. The van der Waals surface area contributed by atoms with E-state index in [1.165, 1.54) is 6.42 Å². The Kier molecular flexibility index (Phi) is 4.76. The zero-order chi connectivity index (χ0) is 15.6. The van der Waals surface area contributed by atoms with Gasteiger partial charge in [0, 0.05) is 19.7 Å². The number of nitrogens with two attached hydrogens (primary N) is 1. The summed E-state index contributed by atoms with van der Waals surface area (Å²) in [7, 11) is 3.46. The Labute approximate surface area is 127 Å². The van der Waals surface area contributed by atoms with Crippen LogP contribution in [0, 0.1) is 11.8 Å². The van der Waals surface area contributed by atoms with Crippen molar-refractivity contribution in [2.75, 3.05) is 19.8 Å². The van der Waals surface area contributed by atoms with Crippen LogP contribution >= 0.6 is 0 Å². The Hall–Kier alpha value is -1.71. The van der Waals surface area contributed by atoms with Gasteiger partial charge in [0.05, 0.1) is 11.8 Å². The monoisotopic (exact) mass is 290 g/mol. The first-order valence-electron chi connectivity index (χ1n) is 7.66. The van der Waals surface area contributed by atoms with E-state index in [9.17, 15) is 4.79 Å². The molecule has 1 aromatic carbocycles. The third-order valence-corrected chi connectivity index (χ3v) is 4.51. The van der Waals surface area contributed by atoms with E-state index in [1.54, 1.807) is 31.1 Å². The summed E-state index contributed by atoms with van der Waals surface area (Å²) in [6, 6.07) is 5.30. The van der Waals surface area contributed by atoms with E-state index in [2.05, 4.69) is 13.8 Å². The lowest BCUT2D eigenvalue weighted by molar-refractivity contribution is 0.0827. The average Bonchev–Trinajstić information content (AvgIpc) is 2.44. The molecule has 4 nitrogen and oxygen atoms in total. The van der Waals surface area contributed by atoms with Crippen molar-refractivity contribution in [3.05, 3.63) is 23.8 Å². The third-order valence-electron chi connectivity index (χ3n) is 4.51. The number of nitrogen functional groups attached to an aromatic ring is 1. The summed E-state index contributed by atoms with van der Waals surface area (Å²) in [6.45, 7) is 4.58. The molecule has 1 aliphatic carbocycles. The molecular weight excluding hydrogens is 264 g/mol. The molecule has 1 saturated carbocycles. The second-order valence-electron chi connectivity index (χ2n) is 6.46. The highest BCUT2D eigenvalue weighted by molar-refractivity contribution is 5.95. The molecule has 0 aliphatic heterocycles. The third kappa shape index (κ3) is 3.69. The Morgan fingerprint density at radius 2 is 1.95 bits per heavy atom. The number of anilines is 1. The maximum absolute atomic E-state index is 11.9. The highest BCUT2D eigenvalue weighted by Crippen LogP contribution is 2.33. The molecule has 1 aromatic rings. The van der Waals surface area contributed by atoms with Crippen LogP contribution in [0.15, 0.2) is 18.2 Å². The Morgan fingerprint density at radius 1 is 1.24 bits per heavy atom. The van der Waals surface area contributed by atoms with Crippen molar-refractivity contribution in [1.82, 2.24) is 4.90 Å². The molecule has 116 valence electrons. The molecule has 0 bridgehead atoms. The molecular formula is C17H26N2O2. The number of ether oxygens (including phenoxy) is 1. The first-order valence-corrected chi connectivity index (χ1v) is 7.66. The highest BCUT2D eigenvalue weighted by atomic mass is 16.5. The van der Waals surface area contributed by atoms with Crippen LogP contribution in [0.5, 0.6) is 5.75 Å². The number of benzene rings is 1. The maximum Gasteiger partial charge on any atom is 0.253 e. The van der Waals surface area contributed by atoms with Crippen LogP contribution in [-0.2, 0) is 0 Å². The zero-order valence-corrected chi connectivity index (χ0v) is 13.4. The smallest absolute Gasteiger partial charge is 0.253 e. The van der Waals surface area contributed by atoms with Crippen LogP contribution in [0.25, 0.3) is 0 Å². The predicted octanol–water partition coefficient (Wildman–Crippen LogP) is 3.17. The average molecular weight is 290 g/mol. The number of carbonyl (C=O) groups excluding carboxylic acids is 1. The Bertz CT molecular complexity index is 514. The maximum atomic E-state index is 11.9. The zero-order valence-electron chi connectivity index (χ0n) is 13.4. The number of rotatable bonds is 3. The van der Waals surface area contributed by atoms with E-state index in [-0.39, 0.29) is 12.0 Å². The molecule has 0 heterocycles. The second-order valence-corrected chi connectivity index (χ2v) is 6.46. The van der Waals surface area contributed by atoms with Crippen LogP contribution in [-0.4, -0.2) is 31.0 Å². The van der Waals surface area contributed by atoms with Gasteiger partial charge in [-0.3, -0.25) is 4.79 Å². The lowest BCUT2D eigenvalue weighted by atomic mass is 9.80. The molecule has 1 amide bonds. The Morgan fingerprint density at radius 3 is 2.52 bits per heavy atom. The number of carbonyl (C=O) groups is 1. The van der Waals surface area contributed by atoms with Gasteiger partial charge in [0.15, 0.2) is 0 Å². The van der Waals surface area contributed by atoms with Crippen molar-refractivity contribution in [2.24, 2.45) is 11.8 Å². The van der Waals surface area contributed by atoms with Gasteiger partial charge in [-0.2, -0.15) is 0 Å². The van der Waals surface area contributed by atoms with Crippen molar-refractivity contribution >= 4 is 11.6 Å². The molecule has 0 radical (unpaired) electrons. The number of hydrogen-bond donors (Lipinski definition) is 1. The minimum atomic E-state index is -0.0478. The van der Waals surface area contributed by atoms with E-state index < -0.39 is 0 Å². The lowest BCUT2D eigenvalue weighted by Gasteiger charge is -2.32. The van der Waals surface area contributed by atoms with Gasteiger partial charge in [-0.1, -0.05) is 13.8 Å². The molecule has 1 fully saturated rings. The fraction of sp³-hybridized carbons (Fsp3) is 0.588. The summed E-state index contributed by atoms with van der Waals surface area (Å²) >= 11 is 0. The molecule has 3 unspecified atom stereocenters. The van der Waals surface area contributed by atoms with E-state index >= 15 is 0 Å². The second kappa shape index (κ2) is 6.37. The van der Waals surface area contributed by atoms with Crippen molar-refractivity contribution in [1.29, 1.82) is 0 Å². The first-order chi connectivity index (χ1) is 9.88. The standard InChI is InChI=1S/C17H26N2O2/c1-11-5-7-14(9-12(11)2)21-16-8-6-13(10-15(16)18)17(20)19(3)4/h6,8,10-12,14H,5,7,9,18H2,1-4H3. The van der Waals surface area contributed by atoms with Gasteiger partial charge in [-0.05, 0) is 49.3 Å². The fourth-order valence-corrected chi connectivity index (χ4v) is 2.83. The van der Waals surface area contributed by atoms with Crippen LogP contribution in [0.2, 0.25) is 0 Å². The minimum Gasteiger partial charge on any atom is -0.488 e. The van der Waals surface area contributed by atoms with E-state index in [1.807, 2.05) is 6.07 Å². The number of hydrogen-bond acceptors (Lipinski definition) is 3. The largest absolute Gasteiger partial charge is 0.488 e. The SMILES string of the molecule is CC1CCC(Oc2ccc(C(=O)N(C)C)cc2N)CC1C. The summed E-state index contributed by atoms with van der Waals surface area (Å²) < 4.78 is 6.05. The van der Waals surface area contributed by atoms with Gasteiger partial charge in [0.2, 0.25) is 0 Å². The first kappa shape index (κ1) is 15.7. The van der Waals surface area contributed by atoms with Crippen molar-refractivity contribution in [2.45, 2.75) is 39.2 Å². The van der Waals surface area contributed by atoms with Gasteiger partial charge < -0.3 is 15.4 Å². The molecule has 0 aromatic heterocycles. The van der Waals surface area contributed by atoms with Crippen LogP contribution in [0.4, 0.5) is 5.69 Å². The Balaban J connectivity index is 2.06.